The summed E-state index contributed by atoms with van der Waals surface area (Å²) in [5.41, 5.74) is 0.685. The summed E-state index contributed by atoms with van der Waals surface area (Å²) in [4.78, 5) is 15.4. The molecule has 0 amide bonds. The fourth-order valence-corrected chi connectivity index (χ4v) is 2.46. The summed E-state index contributed by atoms with van der Waals surface area (Å²) < 4.78 is 1.60. The molecule has 0 spiro atoms. The molecule has 0 bridgehead atoms. The smallest absolute Gasteiger partial charge is 0.303 e. The van der Waals surface area contributed by atoms with Crippen molar-refractivity contribution in [1.82, 2.24) is 24.8 Å². The van der Waals surface area contributed by atoms with E-state index in [0.717, 1.165) is 5.01 Å². The number of aliphatic carboxylic acids is 1. The molecule has 0 unspecified atom stereocenters. The van der Waals surface area contributed by atoms with Gasteiger partial charge in [0.05, 0.1) is 6.42 Å². The van der Waals surface area contributed by atoms with Crippen LogP contribution in [0.25, 0.3) is 16.5 Å². The molecule has 3 rings (SSSR count). The van der Waals surface area contributed by atoms with Crippen LogP contribution in [0.2, 0.25) is 0 Å². The summed E-state index contributed by atoms with van der Waals surface area (Å²) in [6.45, 7) is 0. The number of pyridine rings is 1. The number of fused-ring (bicyclic) bond motifs is 1. The molecule has 96 valence electrons. The van der Waals surface area contributed by atoms with Gasteiger partial charge in [0.2, 0.25) is 10.8 Å². The lowest BCUT2D eigenvalue weighted by atomic mass is 10.3. The molecule has 7 nitrogen and oxygen atoms in total. The van der Waals surface area contributed by atoms with Gasteiger partial charge < -0.3 is 5.11 Å². The van der Waals surface area contributed by atoms with Gasteiger partial charge in [-0.15, -0.1) is 10.2 Å². The van der Waals surface area contributed by atoms with Gasteiger partial charge >= 0.3 is 5.97 Å². The van der Waals surface area contributed by atoms with E-state index in [1.54, 1.807) is 10.7 Å². The predicted molar refractivity (Wildman–Crippen MR) is 67.8 cm³/mol. The Bertz CT molecular complexity index is 721. The van der Waals surface area contributed by atoms with E-state index in [9.17, 15) is 4.79 Å². The van der Waals surface area contributed by atoms with E-state index >= 15 is 0 Å². The number of rotatable bonds is 4. The quantitative estimate of drug-likeness (QED) is 0.770. The summed E-state index contributed by atoms with van der Waals surface area (Å²) >= 11 is 1.34. The second-order valence-corrected chi connectivity index (χ2v) is 4.86. The van der Waals surface area contributed by atoms with Crippen LogP contribution in [0.15, 0.2) is 24.4 Å². The zero-order chi connectivity index (χ0) is 13.2. The molecule has 3 heterocycles. The Balaban J connectivity index is 1.96. The van der Waals surface area contributed by atoms with E-state index < -0.39 is 5.97 Å². The monoisotopic (exact) mass is 275 g/mol. The average molecular weight is 275 g/mol. The van der Waals surface area contributed by atoms with E-state index in [0.29, 0.717) is 22.9 Å². The lowest BCUT2D eigenvalue weighted by molar-refractivity contribution is -0.136. The minimum atomic E-state index is -0.837. The topological polar surface area (TPSA) is 93.3 Å². The molecule has 0 saturated heterocycles. The Kier molecular flexibility index (Phi) is 2.92. The maximum Gasteiger partial charge on any atom is 0.303 e. The van der Waals surface area contributed by atoms with Crippen molar-refractivity contribution in [3.63, 3.8) is 0 Å². The molecule has 0 saturated carbocycles. The second-order valence-electron chi connectivity index (χ2n) is 3.82. The van der Waals surface area contributed by atoms with Gasteiger partial charge in [-0.05, 0) is 12.1 Å². The molecule has 19 heavy (non-hydrogen) atoms. The third kappa shape index (κ3) is 2.29. The maximum atomic E-state index is 10.5. The molecule has 0 fully saturated rings. The maximum absolute atomic E-state index is 10.5. The van der Waals surface area contributed by atoms with Gasteiger partial charge in [-0.25, -0.2) is 0 Å². The molecular formula is C11H9N5O2S. The molecule has 3 aromatic rings. The predicted octanol–water partition coefficient (Wildman–Crippen LogP) is 1.26. The van der Waals surface area contributed by atoms with Crippen LogP contribution in [0, 0.1) is 0 Å². The molecule has 3 aromatic heterocycles. The van der Waals surface area contributed by atoms with Crippen molar-refractivity contribution >= 4 is 22.3 Å². The summed E-state index contributed by atoms with van der Waals surface area (Å²) in [6.07, 6.45) is 2.13. The summed E-state index contributed by atoms with van der Waals surface area (Å²) in [7, 11) is 0. The fourth-order valence-electron chi connectivity index (χ4n) is 1.63. The number of aryl methyl sites for hydroxylation is 1. The minimum absolute atomic E-state index is 0.0585. The van der Waals surface area contributed by atoms with E-state index in [-0.39, 0.29) is 6.42 Å². The molecule has 0 aliphatic carbocycles. The third-order valence-electron chi connectivity index (χ3n) is 2.48. The number of hydrogen-bond acceptors (Lipinski definition) is 6. The van der Waals surface area contributed by atoms with Crippen LogP contribution >= 0.6 is 11.3 Å². The first-order chi connectivity index (χ1) is 9.24. The molecule has 0 aliphatic rings. The fraction of sp³-hybridized carbons (Fsp3) is 0.182. The summed E-state index contributed by atoms with van der Waals surface area (Å²) in [5.74, 6) is -0.274. The van der Waals surface area contributed by atoms with Gasteiger partial charge in [0.1, 0.15) is 10.7 Å². The standard InChI is InChI=1S/C11H9N5O2S/c17-9(18)5-4-8-15-16-10(13-14-11(16)19-8)7-3-1-2-6-12-7/h1-3,6H,4-5H2,(H,17,18). The number of carboxylic acid groups (broad SMARTS) is 1. The van der Waals surface area contributed by atoms with E-state index in [4.69, 9.17) is 5.11 Å². The molecule has 8 heteroatoms. The van der Waals surface area contributed by atoms with Crippen LogP contribution in [-0.2, 0) is 11.2 Å². The molecule has 0 radical (unpaired) electrons. The Morgan fingerprint density at radius 1 is 1.37 bits per heavy atom. The summed E-state index contributed by atoms with van der Waals surface area (Å²) in [5, 5.41) is 21.8. The van der Waals surface area contributed by atoms with Crippen LogP contribution in [-0.4, -0.2) is 35.9 Å². The Labute approximate surface area is 111 Å². The number of nitrogens with zero attached hydrogens (tertiary/aromatic N) is 5. The zero-order valence-corrected chi connectivity index (χ0v) is 10.5. The van der Waals surface area contributed by atoms with Crippen molar-refractivity contribution in [2.24, 2.45) is 0 Å². The van der Waals surface area contributed by atoms with Gasteiger partial charge in [-0.2, -0.15) is 9.61 Å². The summed E-state index contributed by atoms with van der Waals surface area (Å²) in [6, 6.07) is 5.51. The van der Waals surface area contributed by atoms with Crippen molar-refractivity contribution in [2.45, 2.75) is 12.8 Å². The number of carbonyl (C=O) groups is 1. The number of carboxylic acids is 1. The molecule has 0 atom stereocenters. The first-order valence-corrected chi connectivity index (χ1v) is 6.40. The van der Waals surface area contributed by atoms with Gasteiger partial charge in [0, 0.05) is 12.6 Å². The van der Waals surface area contributed by atoms with Gasteiger partial charge in [0.15, 0.2) is 0 Å². The van der Waals surface area contributed by atoms with E-state index in [1.165, 1.54) is 11.3 Å². The second kappa shape index (κ2) is 4.73. The van der Waals surface area contributed by atoms with E-state index in [1.807, 2.05) is 18.2 Å². The third-order valence-corrected chi connectivity index (χ3v) is 3.44. The lowest BCUT2D eigenvalue weighted by Crippen LogP contribution is -1.98. The average Bonchev–Trinajstić information content (AvgIpc) is 2.96. The first kappa shape index (κ1) is 11.7. The Morgan fingerprint density at radius 2 is 2.26 bits per heavy atom. The molecule has 0 aromatic carbocycles. The minimum Gasteiger partial charge on any atom is -0.481 e. The van der Waals surface area contributed by atoms with Crippen molar-refractivity contribution in [3.05, 3.63) is 29.4 Å². The van der Waals surface area contributed by atoms with Crippen LogP contribution in [0.3, 0.4) is 0 Å². The van der Waals surface area contributed by atoms with Crippen molar-refractivity contribution in [1.29, 1.82) is 0 Å². The lowest BCUT2D eigenvalue weighted by Gasteiger charge is -1.94. The Morgan fingerprint density at radius 3 is 3.00 bits per heavy atom. The van der Waals surface area contributed by atoms with Crippen LogP contribution in [0.1, 0.15) is 11.4 Å². The zero-order valence-electron chi connectivity index (χ0n) is 9.72. The molecular weight excluding hydrogens is 266 g/mol. The Hall–Kier alpha value is -2.35. The van der Waals surface area contributed by atoms with Crippen LogP contribution in [0.4, 0.5) is 0 Å². The number of hydrogen-bond donors (Lipinski definition) is 1. The van der Waals surface area contributed by atoms with Crippen LogP contribution < -0.4 is 0 Å². The highest BCUT2D eigenvalue weighted by molar-refractivity contribution is 7.16. The van der Waals surface area contributed by atoms with Gasteiger partial charge in [-0.1, -0.05) is 17.4 Å². The number of aromatic nitrogens is 5. The van der Waals surface area contributed by atoms with Crippen molar-refractivity contribution < 1.29 is 9.90 Å². The van der Waals surface area contributed by atoms with Gasteiger partial charge in [-0.3, -0.25) is 9.78 Å². The normalized spacial score (nSPS) is 10.9. The highest BCUT2D eigenvalue weighted by atomic mass is 32.1. The van der Waals surface area contributed by atoms with Crippen molar-refractivity contribution in [3.8, 4) is 11.5 Å². The highest BCUT2D eigenvalue weighted by Gasteiger charge is 2.14. The van der Waals surface area contributed by atoms with E-state index in [2.05, 4.69) is 20.3 Å². The van der Waals surface area contributed by atoms with Gasteiger partial charge in [0.25, 0.3) is 0 Å². The molecule has 0 aliphatic heterocycles. The largest absolute Gasteiger partial charge is 0.481 e. The SMILES string of the molecule is O=C(O)CCc1nn2c(-c3ccccn3)nnc2s1. The highest BCUT2D eigenvalue weighted by Crippen LogP contribution is 2.20. The first-order valence-electron chi connectivity index (χ1n) is 5.58. The van der Waals surface area contributed by atoms with Crippen LogP contribution in [0.5, 0.6) is 0 Å². The molecule has 1 N–H and O–H groups in total. The van der Waals surface area contributed by atoms with Crippen molar-refractivity contribution in [2.75, 3.05) is 0 Å².